The molecule has 0 saturated carbocycles. The lowest BCUT2D eigenvalue weighted by Gasteiger charge is -2.47. The summed E-state index contributed by atoms with van der Waals surface area (Å²) in [5.41, 5.74) is -0.870. The molecule has 0 bridgehead atoms. The van der Waals surface area contributed by atoms with Gasteiger partial charge in [0.2, 0.25) is 15.9 Å². The van der Waals surface area contributed by atoms with E-state index in [0.29, 0.717) is 26.1 Å². The summed E-state index contributed by atoms with van der Waals surface area (Å²) >= 11 is 0. The first-order chi connectivity index (χ1) is 11.7. The second kappa shape index (κ2) is 6.99. The monoisotopic (exact) mass is 389 g/mol. The van der Waals surface area contributed by atoms with Crippen LogP contribution in [0.25, 0.3) is 0 Å². The highest BCUT2D eigenvalue weighted by Gasteiger charge is 2.46. The lowest BCUT2D eigenvalue weighted by molar-refractivity contribution is -0.133. The summed E-state index contributed by atoms with van der Waals surface area (Å²) in [4.78, 5) is 28.3. The molecule has 2 unspecified atom stereocenters. The lowest BCUT2D eigenvalue weighted by atomic mass is 9.78. The van der Waals surface area contributed by atoms with E-state index in [4.69, 9.17) is 9.88 Å². The van der Waals surface area contributed by atoms with Gasteiger partial charge in [0.15, 0.2) is 0 Å². The lowest BCUT2D eigenvalue weighted by Crippen LogP contribution is -2.57. The van der Waals surface area contributed by atoms with Crippen LogP contribution in [0.2, 0.25) is 0 Å². The Morgan fingerprint density at radius 2 is 1.96 bits per heavy atom. The van der Waals surface area contributed by atoms with Crippen LogP contribution in [0.15, 0.2) is 0 Å². The normalized spacial score (nSPS) is 26.9. The minimum absolute atomic E-state index is 0.0394. The van der Waals surface area contributed by atoms with Crippen molar-refractivity contribution < 1.29 is 22.7 Å². The van der Waals surface area contributed by atoms with Gasteiger partial charge in [-0.3, -0.25) is 4.79 Å². The molecule has 2 aliphatic rings. The predicted molar refractivity (Wildman–Crippen MR) is 97.8 cm³/mol. The molecule has 2 heterocycles. The van der Waals surface area contributed by atoms with Crippen LogP contribution in [-0.2, 0) is 19.6 Å². The van der Waals surface area contributed by atoms with Gasteiger partial charge in [-0.25, -0.2) is 18.4 Å². The number of carbonyl (C=O) groups excluding carboxylic acids is 2. The second-order valence-corrected chi connectivity index (χ2v) is 10.8. The molecule has 0 aromatic heterocycles. The maximum Gasteiger partial charge on any atom is 0.410 e. The number of carbonyl (C=O) groups is 2. The summed E-state index contributed by atoms with van der Waals surface area (Å²) in [6.07, 6.45) is 0.502. The number of amides is 2. The van der Waals surface area contributed by atoms with Crippen molar-refractivity contribution in [2.45, 2.75) is 59.1 Å². The summed E-state index contributed by atoms with van der Waals surface area (Å²) in [5, 5.41) is 5.12. The molecule has 0 radical (unpaired) electrons. The van der Waals surface area contributed by atoms with E-state index in [1.807, 2.05) is 34.6 Å². The van der Waals surface area contributed by atoms with Gasteiger partial charge in [-0.1, -0.05) is 13.8 Å². The van der Waals surface area contributed by atoms with E-state index >= 15 is 0 Å². The van der Waals surface area contributed by atoms with Crippen molar-refractivity contribution in [1.29, 1.82) is 0 Å². The zero-order valence-corrected chi connectivity index (χ0v) is 17.1. The Morgan fingerprint density at radius 3 is 2.46 bits per heavy atom. The van der Waals surface area contributed by atoms with E-state index in [9.17, 15) is 18.0 Å². The van der Waals surface area contributed by atoms with E-state index in [1.165, 1.54) is 0 Å². The molecule has 150 valence electrons. The molecule has 26 heavy (non-hydrogen) atoms. The number of primary sulfonamides is 1. The Morgan fingerprint density at radius 1 is 1.35 bits per heavy atom. The van der Waals surface area contributed by atoms with Crippen molar-refractivity contribution in [3.63, 3.8) is 0 Å². The summed E-state index contributed by atoms with van der Waals surface area (Å²) in [6, 6.07) is -0.0424. The first kappa shape index (κ1) is 21.0. The van der Waals surface area contributed by atoms with Crippen LogP contribution in [0.1, 0.15) is 47.5 Å². The maximum absolute atomic E-state index is 12.4. The third-order valence-corrected chi connectivity index (χ3v) is 5.84. The molecule has 2 amide bonds. The van der Waals surface area contributed by atoms with E-state index in [1.54, 1.807) is 9.80 Å². The number of piperidine rings is 1. The number of hydrogen-bond acceptors (Lipinski definition) is 5. The number of ether oxygens (including phenoxy) is 1. The number of sulfonamides is 1. The Labute approximate surface area is 156 Å². The predicted octanol–water partition coefficient (Wildman–Crippen LogP) is 1.16. The van der Waals surface area contributed by atoms with Gasteiger partial charge in [0.05, 0.1) is 5.75 Å². The molecular formula is C17H31N3O5S. The SMILES string of the molecule is CC(C)(C)OC(=O)N1CCC(N2CC(CS(N)(=O)=O)CC2=O)C(C)(C)C1. The number of nitrogens with two attached hydrogens (primary N) is 1. The third kappa shape index (κ3) is 5.33. The molecular weight excluding hydrogens is 358 g/mol. The quantitative estimate of drug-likeness (QED) is 0.779. The Bertz CT molecular complexity index is 668. The molecule has 2 saturated heterocycles. The summed E-state index contributed by atoms with van der Waals surface area (Å²) in [5.74, 6) is -0.480. The van der Waals surface area contributed by atoms with Crippen molar-refractivity contribution in [3.05, 3.63) is 0 Å². The molecule has 2 atom stereocenters. The smallest absolute Gasteiger partial charge is 0.410 e. The van der Waals surface area contributed by atoms with Crippen molar-refractivity contribution in [2.24, 2.45) is 16.5 Å². The largest absolute Gasteiger partial charge is 0.444 e. The van der Waals surface area contributed by atoms with Gasteiger partial charge in [-0.2, -0.15) is 0 Å². The molecule has 0 aromatic carbocycles. The zero-order valence-electron chi connectivity index (χ0n) is 16.3. The number of hydrogen-bond donors (Lipinski definition) is 1. The van der Waals surface area contributed by atoms with Gasteiger partial charge >= 0.3 is 6.09 Å². The number of likely N-dealkylation sites (tertiary alicyclic amines) is 2. The Balaban J connectivity index is 2.04. The van der Waals surface area contributed by atoms with Crippen molar-refractivity contribution in [3.8, 4) is 0 Å². The molecule has 0 aliphatic carbocycles. The van der Waals surface area contributed by atoms with Gasteiger partial charge in [-0.15, -0.1) is 0 Å². The second-order valence-electron chi connectivity index (χ2n) is 9.14. The molecule has 2 fully saturated rings. The molecule has 0 aromatic rings. The first-order valence-corrected chi connectivity index (χ1v) is 10.7. The van der Waals surface area contributed by atoms with E-state index in [2.05, 4.69) is 0 Å². The number of nitrogens with zero attached hydrogens (tertiary/aromatic N) is 2. The third-order valence-electron chi connectivity index (χ3n) is 4.91. The summed E-state index contributed by atoms with van der Waals surface area (Å²) < 4.78 is 28.1. The van der Waals surface area contributed by atoms with E-state index in [-0.39, 0.29) is 41.5 Å². The maximum atomic E-state index is 12.4. The summed E-state index contributed by atoms with van der Waals surface area (Å²) in [6.45, 7) is 10.9. The molecule has 2 rings (SSSR count). The van der Waals surface area contributed by atoms with Crippen LogP contribution in [0, 0.1) is 11.3 Å². The fourth-order valence-electron chi connectivity index (χ4n) is 3.96. The minimum atomic E-state index is -3.60. The highest BCUT2D eigenvalue weighted by molar-refractivity contribution is 7.89. The average Bonchev–Trinajstić information content (AvgIpc) is 2.73. The van der Waals surface area contributed by atoms with Crippen molar-refractivity contribution in [1.82, 2.24) is 9.80 Å². The van der Waals surface area contributed by atoms with Gasteiger partial charge < -0.3 is 14.5 Å². The number of rotatable bonds is 3. The summed E-state index contributed by atoms with van der Waals surface area (Å²) in [7, 11) is -3.60. The highest BCUT2D eigenvalue weighted by Crippen LogP contribution is 2.37. The van der Waals surface area contributed by atoms with Gasteiger partial charge in [-0.05, 0) is 27.2 Å². The molecule has 9 heteroatoms. The Kier molecular flexibility index (Phi) is 5.64. The van der Waals surface area contributed by atoms with Crippen LogP contribution in [0.3, 0.4) is 0 Å². The van der Waals surface area contributed by atoms with Crippen LogP contribution in [-0.4, -0.2) is 67.2 Å². The molecule has 2 aliphatic heterocycles. The zero-order chi connectivity index (χ0) is 19.9. The topological polar surface area (TPSA) is 110 Å². The van der Waals surface area contributed by atoms with Crippen molar-refractivity contribution in [2.75, 3.05) is 25.4 Å². The average molecular weight is 390 g/mol. The van der Waals surface area contributed by atoms with Gasteiger partial charge in [0.1, 0.15) is 5.60 Å². The standard InChI is InChI=1S/C17H31N3O5S/c1-16(2,3)25-15(22)19-7-6-13(17(4,5)11-19)20-9-12(8-14(20)21)10-26(18,23)24/h12-13H,6-11H2,1-5H3,(H2,18,23,24). The molecule has 8 nitrogen and oxygen atoms in total. The molecule has 2 N–H and O–H groups in total. The minimum Gasteiger partial charge on any atom is -0.444 e. The first-order valence-electron chi connectivity index (χ1n) is 8.96. The fraction of sp³-hybridized carbons (Fsp3) is 0.882. The van der Waals surface area contributed by atoms with Crippen LogP contribution < -0.4 is 5.14 Å². The van der Waals surface area contributed by atoms with Gasteiger partial charge in [0, 0.05) is 43.4 Å². The van der Waals surface area contributed by atoms with Crippen LogP contribution in [0.5, 0.6) is 0 Å². The molecule has 0 spiro atoms. The fourth-order valence-corrected chi connectivity index (χ4v) is 4.84. The van der Waals surface area contributed by atoms with Crippen molar-refractivity contribution >= 4 is 22.0 Å². The van der Waals surface area contributed by atoms with Crippen LogP contribution >= 0.6 is 0 Å². The van der Waals surface area contributed by atoms with Crippen LogP contribution in [0.4, 0.5) is 4.79 Å². The highest BCUT2D eigenvalue weighted by atomic mass is 32.2. The van der Waals surface area contributed by atoms with Gasteiger partial charge in [0.25, 0.3) is 0 Å². The van der Waals surface area contributed by atoms with E-state index < -0.39 is 15.6 Å². The van der Waals surface area contributed by atoms with E-state index in [0.717, 1.165) is 0 Å². The Hall–Kier alpha value is -1.35.